The van der Waals surface area contributed by atoms with Gasteiger partial charge in [0.15, 0.2) is 0 Å². The third-order valence-corrected chi connectivity index (χ3v) is 3.65. The second kappa shape index (κ2) is 6.79. The molecule has 0 aliphatic rings. The Hall–Kier alpha value is -3.74. The summed E-state index contributed by atoms with van der Waals surface area (Å²) in [7, 11) is 0. The van der Waals surface area contributed by atoms with Crippen LogP contribution in [0.15, 0.2) is 65.8 Å². The van der Waals surface area contributed by atoms with Crippen LogP contribution in [0.5, 0.6) is 5.75 Å². The van der Waals surface area contributed by atoms with Crippen LogP contribution in [0.25, 0.3) is 10.8 Å². The number of hydrogen-bond acceptors (Lipinski definition) is 5. The third kappa shape index (κ3) is 3.45. The summed E-state index contributed by atoms with van der Waals surface area (Å²) in [5.74, 6) is -0.460. The van der Waals surface area contributed by atoms with E-state index in [2.05, 4.69) is 10.5 Å². The van der Waals surface area contributed by atoms with E-state index in [4.69, 9.17) is 0 Å². The van der Waals surface area contributed by atoms with Crippen molar-refractivity contribution >= 4 is 28.6 Å². The van der Waals surface area contributed by atoms with Crippen LogP contribution in [0.4, 0.5) is 5.69 Å². The molecule has 0 heterocycles. The van der Waals surface area contributed by atoms with Gasteiger partial charge in [-0.05, 0) is 29.0 Å². The van der Waals surface area contributed by atoms with Crippen LogP contribution in [-0.2, 0) is 0 Å². The van der Waals surface area contributed by atoms with E-state index in [1.54, 1.807) is 12.1 Å². The lowest BCUT2D eigenvalue weighted by Gasteiger charge is -2.05. The molecule has 0 fully saturated rings. The maximum Gasteiger partial charge on any atom is 0.271 e. The lowest BCUT2D eigenvalue weighted by Crippen LogP contribution is -2.17. The Bertz CT molecular complexity index is 981. The molecule has 0 aliphatic carbocycles. The van der Waals surface area contributed by atoms with Gasteiger partial charge >= 0.3 is 0 Å². The highest BCUT2D eigenvalue weighted by Gasteiger charge is 2.09. The molecule has 3 rings (SSSR count). The Morgan fingerprint density at radius 1 is 1.08 bits per heavy atom. The summed E-state index contributed by atoms with van der Waals surface area (Å²) < 4.78 is 0. The van der Waals surface area contributed by atoms with Crippen molar-refractivity contribution in [2.75, 3.05) is 0 Å². The zero-order valence-electron chi connectivity index (χ0n) is 12.9. The molecule has 0 saturated heterocycles. The van der Waals surface area contributed by atoms with Crippen LogP contribution in [0.3, 0.4) is 0 Å². The number of nitrogens with one attached hydrogen (secondary N) is 1. The van der Waals surface area contributed by atoms with Gasteiger partial charge in [-0.25, -0.2) is 5.43 Å². The number of phenols is 1. The van der Waals surface area contributed by atoms with E-state index in [0.717, 1.165) is 10.8 Å². The summed E-state index contributed by atoms with van der Waals surface area (Å²) in [6.45, 7) is 0. The van der Waals surface area contributed by atoms with E-state index in [-0.39, 0.29) is 17.0 Å². The first-order valence-electron chi connectivity index (χ1n) is 7.35. The number of phenolic OH excluding ortho intramolecular Hbond substituents is 1. The number of aromatic hydroxyl groups is 1. The Morgan fingerprint density at radius 2 is 1.80 bits per heavy atom. The fourth-order valence-corrected chi connectivity index (χ4v) is 2.37. The molecule has 0 unspecified atom stereocenters. The van der Waals surface area contributed by atoms with Crippen LogP contribution in [-0.4, -0.2) is 22.2 Å². The maximum atomic E-state index is 12.0. The van der Waals surface area contributed by atoms with Gasteiger partial charge in [0.1, 0.15) is 5.75 Å². The topological polar surface area (TPSA) is 105 Å². The van der Waals surface area contributed by atoms with Crippen molar-refractivity contribution in [3.63, 3.8) is 0 Å². The Balaban J connectivity index is 1.78. The largest absolute Gasteiger partial charge is 0.507 e. The molecule has 7 nitrogen and oxygen atoms in total. The number of non-ortho nitro benzene ring substituents is 1. The van der Waals surface area contributed by atoms with Gasteiger partial charge in [-0.2, -0.15) is 5.10 Å². The first kappa shape index (κ1) is 16.1. The fraction of sp³-hybridized carbons (Fsp3) is 0. The van der Waals surface area contributed by atoms with E-state index in [9.17, 15) is 20.0 Å². The average Bonchev–Trinajstić information content (AvgIpc) is 2.63. The minimum absolute atomic E-state index is 0.0482. The van der Waals surface area contributed by atoms with E-state index in [1.807, 2.05) is 24.3 Å². The molecule has 0 aliphatic heterocycles. The monoisotopic (exact) mass is 335 g/mol. The number of fused-ring (bicyclic) bond motifs is 1. The predicted molar refractivity (Wildman–Crippen MR) is 93.8 cm³/mol. The van der Waals surface area contributed by atoms with Crippen molar-refractivity contribution in [3.8, 4) is 5.75 Å². The number of nitro benzene ring substituents is 1. The van der Waals surface area contributed by atoms with Crippen LogP contribution < -0.4 is 5.43 Å². The smallest absolute Gasteiger partial charge is 0.271 e. The number of rotatable bonds is 4. The molecular weight excluding hydrogens is 322 g/mol. The number of benzene rings is 3. The normalized spacial score (nSPS) is 10.9. The zero-order chi connectivity index (χ0) is 17.8. The molecule has 1 amide bonds. The van der Waals surface area contributed by atoms with Crippen LogP contribution in [0, 0.1) is 10.1 Å². The molecule has 0 aromatic heterocycles. The van der Waals surface area contributed by atoms with E-state index >= 15 is 0 Å². The molecule has 0 bridgehead atoms. The Labute approximate surface area is 142 Å². The van der Waals surface area contributed by atoms with Crippen molar-refractivity contribution in [1.82, 2.24) is 5.43 Å². The van der Waals surface area contributed by atoms with Crippen molar-refractivity contribution in [3.05, 3.63) is 81.9 Å². The van der Waals surface area contributed by atoms with Crippen molar-refractivity contribution in [2.45, 2.75) is 0 Å². The second-order valence-corrected chi connectivity index (χ2v) is 5.22. The Kier molecular flexibility index (Phi) is 4.38. The Morgan fingerprint density at radius 3 is 2.52 bits per heavy atom. The SMILES string of the molecule is O=C(NN=Cc1c(O)ccc2ccccc12)c1ccc([N+](=O)[O-])cc1. The molecule has 0 atom stereocenters. The summed E-state index contributed by atoms with van der Waals surface area (Å²) in [5, 5.41) is 26.2. The molecule has 2 N–H and O–H groups in total. The van der Waals surface area contributed by atoms with Gasteiger partial charge < -0.3 is 5.11 Å². The lowest BCUT2D eigenvalue weighted by molar-refractivity contribution is -0.384. The van der Waals surface area contributed by atoms with E-state index in [0.29, 0.717) is 5.56 Å². The highest BCUT2D eigenvalue weighted by molar-refractivity contribution is 6.03. The first-order chi connectivity index (χ1) is 12.1. The highest BCUT2D eigenvalue weighted by atomic mass is 16.6. The molecular formula is C18H13N3O4. The van der Waals surface area contributed by atoms with E-state index < -0.39 is 10.8 Å². The van der Waals surface area contributed by atoms with Gasteiger partial charge in [-0.1, -0.05) is 30.3 Å². The second-order valence-electron chi connectivity index (χ2n) is 5.22. The summed E-state index contributed by atoms with van der Waals surface area (Å²) in [5.41, 5.74) is 2.97. The number of hydrogen-bond donors (Lipinski definition) is 2. The molecule has 0 radical (unpaired) electrons. The summed E-state index contributed by atoms with van der Waals surface area (Å²) in [4.78, 5) is 22.1. The zero-order valence-corrected chi connectivity index (χ0v) is 12.9. The van der Waals surface area contributed by atoms with Gasteiger partial charge in [-0.15, -0.1) is 0 Å². The summed E-state index contributed by atoms with van der Waals surface area (Å²) >= 11 is 0. The number of hydrazone groups is 1. The van der Waals surface area contributed by atoms with Gasteiger partial charge in [0.2, 0.25) is 0 Å². The molecule has 0 spiro atoms. The number of carbonyl (C=O) groups excluding carboxylic acids is 1. The number of amides is 1. The van der Waals surface area contributed by atoms with E-state index in [1.165, 1.54) is 30.5 Å². The van der Waals surface area contributed by atoms with Crippen LogP contribution >= 0.6 is 0 Å². The molecule has 7 heteroatoms. The lowest BCUT2D eigenvalue weighted by atomic mass is 10.0. The number of nitrogens with zero attached hydrogens (tertiary/aromatic N) is 2. The van der Waals surface area contributed by atoms with Gasteiger partial charge in [0.25, 0.3) is 11.6 Å². The molecule has 3 aromatic carbocycles. The van der Waals surface area contributed by atoms with Crippen molar-refractivity contribution < 1.29 is 14.8 Å². The number of nitro groups is 1. The van der Waals surface area contributed by atoms with Crippen LogP contribution in [0.2, 0.25) is 0 Å². The minimum Gasteiger partial charge on any atom is -0.507 e. The highest BCUT2D eigenvalue weighted by Crippen LogP contribution is 2.25. The number of carbonyl (C=O) groups is 1. The predicted octanol–water partition coefficient (Wildman–Crippen LogP) is 3.22. The minimum atomic E-state index is -0.539. The summed E-state index contributed by atoms with van der Waals surface area (Å²) in [6, 6.07) is 16.0. The van der Waals surface area contributed by atoms with Crippen molar-refractivity contribution in [2.24, 2.45) is 5.10 Å². The molecule has 25 heavy (non-hydrogen) atoms. The average molecular weight is 335 g/mol. The maximum absolute atomic E-state index is 12.0. The molecule has 124 valence electrons. The van der Waals surface area contributed by atoms with Gasteiger partial charge in [-0.3, -0.25) is 14.9 Å². The fourth-order valence-electron chi connectivity index (χ4n) is 2.37. The van der Waals surface area contributed by atoms with Crippen molar-refractivity contribution in [1.29, 1.82) is 0 Å². The van der Waals surface area contributed by atoms with Gasteiger partial charge in [0, 0.05) is 23.3 Å². The van der Waals surface area contributed by atoms with Gasteiger partial charge in [0.05, 0.1) is 11.1 Å². The summed E-state index contributed by atoms with van der Waals surface area (Å²) in [6.07, 6.45) is 1.36. The first-order valence-corrected chi connectivity index (χ1v) is 7.35. The molecule has 3 aromatic rings. The standard InChI is InChI=1S/C18H13N3O4/c22-17-10-7-12-3-1-2-4-15(12)16(17)11-19-20-18(23)13-5-8-14(9-6-13)21(24)25/h1-11,22H,(H,20,23). The third-order valence-electron chi connectivity index (χ3n) is 3.65. The molecule has 0 saturated carbocycles. The quantitative estimate of drug-likeness (QED) is 0.434. The van der Waals surface area contributed by atoms with Crippen LogP contribution in [0.1, 0.15) is 15.9 Å².